The molecule has 0 radical (unpaired) electrons. The maximum absolute atomic E-state index is 12.4. The molecule has 1 amide bonds. The van der Waals surface area contributed by atoms with Crippen molar-refractivity contribution in [2.45, 2.75) is 51.9 Å². The molecule has 2 fully saturated rings. The topological polar surface area (TPSA) is 44.8 Å². The van der Waals surface area contributed by atoms with Crippen LogP contribution < -0.4 is 5.32 Å². The molecule has 0 aliphatic carbocycles. The Morgan fingerprint density at radius 3 is 2.60 bits per heavy atom. The first-order valence-corrected chi connectivity index (χ1v) is 7.97. The number of carbonyl (C=O) groups is 1. The third-order valence-corrected chi connectivity index (χ3v) is 4.22. The first-order chi connectivity index (χ1) is 9.58. The van der Waals surface area contributed by atoms with Crippen LogP contribution in [-0.2, 0) is 9.53 Å². The van der Waals surface area contributed by atoms with E-state index in [0.29, 0.717) is 12.6 Å². The Bertz CT molecular complexity index is 308. The lowest BCUT2D eigenvalue weighted by Crippen LogP contribution is -2.52. The highest BCUT2D eigenvalue weighted by atomic mass is 16.5. The predicted octanol–water partition coefficient (Wildman–Crippen LogP) is 0.696. The van der Waals surface area contributed by atoms with Crippen LogP contribution in [0.15, 0.2) is 0 Å². The smallest absolute Gasteiger partial charge is 0.236 e. The lowest BCUT2D eigenvalue weighted by molar-refractivity contribution is -0.144. The Morgan fingerprint density at radius 1 is 1.35 bits per heavy atom. The van der Waals surface area contributed by atoms with Gasteiger partial charge in [-0.05, 0) is 39.8 Å². The molecule has 0 aromatic carbocycles. The summed E-state index contributed by atoms with van der Waals surface area (Å²) in [5.41, 5.74) is 0. The van der Waals surface area contributed by atoms with Crippen LogP contribution in [-0.4, -0.2) is 73.2 Å². The minimum Gasteiger partial charge on any atom is -0.372 e. The summed E-state index contributed by atoms with van der Waals surface area (Å²) in [6, 6.07) is 0.560. The lowest BCUT2D eigenvalue weighted by Gasteiger charge is -2.36. The van der Waals surface area contributed by atoms with Crippen molar-refractivity contribution in [2.24, 2.45) is 0 Å². The molecule has 2 saturated heterocycles. The zero-order valence-electron chi connectivity index (χ0n) is 13.1. The number of nitrogens with one attached hydrogen (secondary N) is 1. The minimum atomic E-state index is 0.147. The fraction of sp³-hybridized carbons (Fsp3) is 0.933. The van der Waals surface area contributed by atoms with Crippen molar-refractivity contribution in [1.82, 2.24) is 15.1 Å². The second-order valence-corrected chi connectivity index (χ2v) is 6.18. The van der Waals surface area contributed by atoms with Crippen molar-refractivity contribution in [1.29, 1.82) is 0 Å². The number of rotatable bonds is 5. The van der Waals surface area contributed by atoms with Gasteiger partial charge < -0.3 is 15.0 Å². The van der Waals surface area contributed by atoms with Gasteiger partial charge in [-0.1, -0.05) is 6.92 Å². The van der Waals surface area contributed by atoms with Crippen LogP contribution in [0.3, 0.4) is 0 Å². The molecular formula is C15H29N3O2. The maximum atomic E-state index is 12.4. The van der Waals surface area contributed by atoms with Gasteiger partial charge in [-0.2, -0.15) is 0 Å². The number of amides is 1. The van der Waals surface area contributed by atoms with E-state index in [1.807, 2.05) is 18.7 Å². The summed E-state index contributed by atoms with van der Waals surface area (Å²) in [7, 11) is 0. The molecule has 2 aliphatic rings. The molecule has 0 spiro atoms. The van der Waals surface area contributed by atoms with E-state index in [2.05, 4.69) is 17.1 Å². The summed E-state index contributed by atoms with van der Waals surface area (Å²) < 4.78 is 5.69. The van der Waals surface area contributed by atoms with Crippen molar-refractivity contribution in [3.05, 3.63) is 0 Å². The van der Waals surface area contributed by atoms with Gasteiger partial charge in [-0.3, -0.25) is 9.69 Å². The molecule has 3 atom stereocenters. The van der Waals surface area contributed by atoms with Gasteiger partial charge in [0.05, 0.1) is 18.8 Å². The molecule has 116 valence electrons. The average molecular weight is 283 g/mol. The normalized spacial score (nSPS) is 31.0. The predicted molar refractivity (Wildman–Crippen MR) is 79.7 cm³/mol. The second kappa shape index (κ2) is 7.38. The Morgan fingerprint density at radius 2 is 2.05 bits per heavy atom. The highest BCUT2D eigenvalue weighted by Gasteiger charge is 2.27. The minimum absolute atomic E-state index is 0.147. The van der Waals surface area contributed by atoms with E-state index in [9.17, 15) is 4.79 Å². The van der Waals surface area contributed by atoms with E-state index >= 15 is 0 Å². The summed E-state index contributed by atoms with van der Waals surface area (Å²) in [5, 5.41) is 3.50. The molecule has 5 nitrogen and oxygen atoms in total. The lowest BCUT2D eigenvalue weighted by atomic mass is 10.2. The van der Waals surface area contributed by atoms with E-state index in [1.54, 1.807) is 0 Å². The first kappa shape index (κ1) is 15.7. The molecule has 0 bridgehead atoms. The van der Waals surface area contributed by atoms with Crippen molar-refractivity contribution < 1.29 is 9.53 Å². The largest absolute Gasteiger partial charge is 0.372 e. The third kappa shape index (κ3) is 4.43. The monoisotopic (exact) mass is 283 g/mol. The Hall–Kier alpha value is -0.650. The summed E-state index contributed by atoms with van der Waals surface area (Å²) in [6.07, 6.45) is 2.79. The Labute approximate surface area is 122 Å². The van der Waals surface area contributed by atoms with Crippen molar-refractivity contribution in [3.8, 4) is 0 Å². The van der Waals surface area contributed by atoms with Crippen LogP contribution in [0.25, 0.3) is 0 Å². The average Bonchev–Trinajstić information content (AvgIpc) is 2.89. The summed E-state index contributed by atoms with van der Waals surface area (Å²) >= 11 is 0. The van der Waals surface area contributed by atoms with Crippen LogP contribution in [0.1, 0.15) is 33.6 Å². The van der Waals surface area contributed by atoms with Gasteiger partial charge >= 0.3 is 0 Å². The molecule has 2 heterocycles. The quantitative estimate of drug-likeness (QED) is 0.806. The molecule has 3 unspecified atom stereocenters. The van der Waals surface area contributed by atoms with Gasteiger partial charge in [0.15, 0.2) is 0 Å². The van der Waals surface area contributed by atoms with Crippen LogP contribution in [0.5, 0.6) is 0 Å². The van der Waals surface area contributed by atoms with E-state index in [1.165, 1.54) is 12.8 Å². The number of likely N-dealkylation sites (N-methyl/N-ethyl adjacent to an activating group) is 1. The standard InChI is InChI=1S/C15H29N3O2/c1-4-17(10-14-6-5-7-16-14)11-15(19)18-8-12(2)20-13(3)9-18/h12-14,16H,4-11H2,1-3H3. The first-order valence-electron chi connectivity index (χ1n) is 7.97. The van der Waals surface area contributed by atoms with E-state index in [4.69, 9.17) is 4.74 Å². The molecule has 0 aromatic rings. The number of morpholine rings is 1. The Kier molecular flexibility index (Phi) is 5.81. The van der Waals surface area contributed by atoms with Crippen molar-refractivity contribution in [3.63, 3.8) is 0 Å². The molecule has 20 heavy (non-hydrogen) atoms. The number of hydrogen-bond donors (Lipinski definition) is 1. The molecular weight excluding hydrogens is 254 g/mol. The van der Waals surface area contributed by atoms with Gasteiger partial charge in [0.2, 0.25) is 5.91 Å². The summed E-state index contributed by atoms with van der Waals surface area (Å²) in [6.45, 7) is 11.2. The van der Waals surface area contributed by atoms with Crippen molar-refractivity contribution >= 4 is 5.91 Å². The van der Waals surface area contributed by atoms with Crippen molar-refractivity contribution in [2.75, 3.05) is 39.3 Å². The fourth-order valence-corrected chi connectivity index (χ4v) is 3.20. The highest BCUT2D eigenvalue weighted by molar-refractivity contribution is 5.78. The molecule has 0 aromatic heterocycles. The van der Waals surface area contributed by atoms with E-state index in [0.717, 1.165) is 32.7 Å². The maximum Gasteiger partial charge on any atom is 0.236 e. The van der Waals surface area contributed by atoms with Crippen LogP contribution in [0.4, 0.5) is 0 Å². The van der Waals surface area contributed by atoms with Gasteiger partial charge in [0, 0.05) is 25.7 Å². The number of hydrogen-bond acceptors (Lipinski definition) is 4. The van der Waals surface area contributed by atoms with E-state index < -0.39 is 0 Å². The van der Waals surface area contributed by atoms with Gasteiger partial charge in [-0.25, -0.2) is 0 Å². The Balaban J connectivity index is 1.81. The van der Waals surface area contributed by atoms with Crippen LogP contribution in [0.2, 0.25) is 0 Å². The zero-order chi connectivity index (χ0) is 14.5. The second-order valence-electron chi connectivity index (χ2n) is 6.18. The van der Waals surface area contributed by atoms with Gasteiger partial charge in [-0.15, -0.1) is 0 Å². The zero-order valence-corrected chi connectivity index (χ0v) is 13.1. The number of nitrogens with zero attached hydrogens (tertiary/aromatic N) is 2. The molecule has 2 rings (SSSR count). The molecule has 2 aliphatic heterocycles. The van der Waals surface area contributed by atoms with Gasteiger partial charge in [0.1, 0.15) is 0 Å². The highest BCUT2D eigenvalue weighted by Crippen LogP contribution is 2.12. The number of ether oxygens (including phenoxy) is 1. The van der Waals surface area contributed by atoms with Crippen LogP contribution >= 0.6 is 0 Å². The van der Waals surface area contributed by atoms with E-state index in [-0.39, 0.29) is 18.1 Å². The summed E-state index contributed by atoms with van der Waals surface area (Å²) in [4.78, 5) is 16.7. The molecule has 1 N–H and O–H groups in total. The SMILES string of the molecule is CCN(CC(=O)N1CC(C)OC(C)C1)CC1CCCN1. The fourth-order valence-electron chi connectivity index (χ4n) is 3.20. The molecule has 0 saturated carbocycles. The third-order valence-electron chi connectivity index (χ3n) is 4.22. The molecule has 5 heteroatoms. The summed E-state index contributed by atoms with van der Waals surface area (Å²) in [5.74, 6) is 0.242. The van der Waals surface area contributed by atoms with Gasteiger partial charge in [0.25, 0.3) is 0 Å². The number of carbonyl (C=O) groups excluding carboxylic acids is 1. The van der Waals surface area contributed by atoms with Crippen LogP contribution in [0, 0.1) is 0 Å².